The molecule has 88 valence electrons. The fraction of sp³-hybridized carbons (Fsp3) is 0.0769. The molecule has 2 nitrogen and oxygen atoms in total. The van der Waals surface area contributed by atoms with Gasteiger partial charge in [-0.15, -0.1) is 0 Å². The van der Waals surface area contributed by atoms with Crippen molar-refractivity contribution in [3.05, 3.63) is 58.1 Å². The predicted octanol–water partition coefficient (Wildman–Crippen LogP) is 4.24. The standard InChI is InChI=1S/C13H11Cl2NO/c14-10-5-11(15)7-13(6-10)17-12-3-1-2-9(4-12)8-16/h1-7H,8,16H2. The highest BCUT2D eigenvalue weighted by molar-refractivity contribution is 6.34. The second kappa shape index (κ2) is 5.41. The van der Waals surface area contributed by atoms with Gasteiger partial charge in [0.15, 0.2) is 0 Å². The lowest BCUT2D eigenvalue weighted by Gasteiger charge is -2.07. The van der Waals surface area contributed by atoms with Gasteiger partial charge >= 0.3 is 0 Å². The molecule has 2 aromatic carbocycles. The van der Waals surface area contributed by atoms with Crippen LogP contribution >= 0.6 is 23.2 Å². The topological polar surface area (TPSA) is 35.2 Å². The molecule has 0 radical (unpaired) electrons. The summed E-state index contributed by atoms with van der Waals surface area (Å²) in [5.74, 6) is 1.32. The lowest BCUT2D eigenvalue weighted by Crippen LogP contribution is -1.96. The quantitative estimate of drug-likeness (QED) is 0.903. The number of ether oxygens (including phenoxy) is 1. The molecule has 0 aromatic heterocycles. The Morgan fingerprint density at radius 1 is 0.941 bits per heavy atom. The summed E-state index contributed by atoms with van der Waals surface area (Å²) in [5.41, 5.74) is 6.57. The number of hydrogen-bond donors (Lipinski definition) is 1. The number of benzene rings is 2. The molecular weight excluding hydrogens is 257 g/mol. The second-order valence-corrected chi connectivity index (χ2v) is 4.43. The van der Waals surface area contributed by atoms with Gasteiger partial charge in [0.05, 0.1) is 0 Å². The molecule has 2 rings (SSSR count). The van der Waals surface area contributed by atoms with E-state index in [2.05, 4.69) is 0 Å². The van der Waals surface area contributed by atoms with Crippen LogP contribution in [0.3, 0.4) is 0 Å². The first-order chi connectivity index (χ1) is 8.17. The number of halogens is 2. The van der Waals surface area contributed by atoms with Gasteiger partial charge in [0.1, 0.15) is 11.5 Å². The van der Waals surface area contributed by atoms with E-state index in [9.17, 15) is 0 Å². The number of hydrogen-bond acceptors (Lipinski definition) is 2. The van der Waals surface area contributed by atoms with Crippen molar-refractivity contribution < 1.29 is 4.74 Å². The summed E-state index contributed by atoms with van der Waals surface area (Å²) in [4.78, 5) is 0. The van der Waals surface area contributed by atoms with Crippen molar-refractivity contribution in [3.63, 3.8) is 0 Å². The van der Waals surface area contributed by atoms with Crippen LogP contribution in [0.15, 0.2) is 42.5 Å². The molecule has 0 amide bonds. The summed E-state index contributed by atoms with van der Waals surface area (Å²) in [7, 11) is 0. The molecule has 0 saturated carbocycles. The normalized spacial score (nSPS) is 10.3. The van der Waals surface area contributed by atoms with Gasteiger partial charge < -0.3 is 10.5 Å². The summed E-state index contributed by atoms with van der Waals surface area (Å²) in [5, 5.41) is 1.09. The fourth-order valence-electron chi connectivity index (χ4n) is 1.46. The lowest BCUT2D eigenvalue weighted by molar-refractivity contribution is 0.482. The van der Waals surface area contributed by atoms with E-state index in [0.717, 1.165) is 5.56 Å². The molecule has 0 aliphatic carbocycles. The van der Waals surface area contributed by atoms with Gasteiger partial charge in [-0.1, -0.05) is 35.3 Å². The zero-order valence-corrected chi connectivity index (χ0v) is 10.5. The van der Waals surface area contributed by atoms with Crippen molar-refractivity contribution in [2.75, 3.05) is 0 Å². The molecule has 0 saturated heterocycles. The van der Waals surface area contributed by atoms with E-state index in [1.165, 1.54) is 0 Å². The monoisotopic (exact) mass is 267 g/mol. The largest absolute Gasteiger partial charge is 0.457 e. The Labute approximate surface area is 110 Å². The molecule has 17 heavy (non-hydrogen) atoms. The zero-order chi connectivity index (χ0) is 12.3. The highest BCUT2D eigenvalue weighted by atomic mass is 35.5. The molecular formula is C13H11Cl2NO. The van der Waals surface area contributed by atoms with Crippen molar-refractivity contribution in [2.24, 2.45) is 5.73 Å². The molecule has 0 fully saturated rings. The van der Waals surface area contributed by atoms with Crippen LogP contribution in [-0.2, 0) is 6.54 Å². The Kier molecular flexibility index (Phi) is 3.89. The Morgan fingerprint density at radius 3 is 2.29 bits per heavy atom. The lowest BCUT2D eigenvalue weighted by atomic mass is 10.2. The summed E-state index contributed by atoms with van der Waals surface area (Å²) >= 11 is 11.8. The maximum atomic E-state index is 5.89. The van der Waals surface area contributed by atoms with Crippen LogP contribution < -0.4 is 10.5 Å². The van der Waals surface area contributed by atoms with E-state index in [1.54, 1.807) is 18.2 Å². The molecule has 0 atom stereocenters. The zero-order valence-electron chi connectivity index (χ0n) is 8.99. The molecule has 0 aliphatic rings. The number of rotatable bonds is 3. The first-order valence-electron chi connectivity index (χ1n) is 5.10. The Balaban J connectivity index is 2.24. The summed E-state index contributed by atoms with van der Waals surface area (Å²) < 4.78 is 5.66. The van der Waals surface area contributed by atoms with Gasteiger partial charge in [-0.3, -0.25) is 0 Å². The minimum Gasteiger partial charge on any atom is -0.457 e. The third-order valence-corrected chi connectivity index (χ3v) is 2.64. The Hall–Kier alpha value is -1.22. The van der Waals surface area contributed by atoms with Crippen LogP contribution in [0.25, 0.3) is 0 Å². The van der Waals surface area contributed by atoms with Crippen LogP contribution in [0.2, 0.25) is 10.0 Å². The summed E-state index contributed by atoms with van der Waals surface area (Å²) in [6, 6.07) is 12.7. The maximum Gasteiger partial charge on any atom is 0.130 e. The van der Waals surface area contributed by atoms with Crippen LogP contribution in [0.4, 0.5) is 0 Å². The minimum absolute atomic E-state index is 0.480. The van der Waals surface area contributed by atoms with E-state index in [0.29, 0.717) is 28.1 Å². The average Bonchev–Trinajstić information content (AvgIpc) is 2.28. The van der Waals surface area contributed by atoms with Crippen molar-refractivity contribution in [1.29, 1.82) is 0 Å². The molecule has 4 heteroatoms. The number of nitrogens with two attached hydrogens (primary N) is 1. The molecule has 0 spiro atoms. The summed E-state index contributed by atoms with van der Waals surface area (Å²) in [6.45, 7) is 0.480. The van der Waals surface area contributed by atoms with Gasteiger partial charge in [0, 0.05) is 16.6 Å². The van der Waals surface area contributed by atoms with Crippen molar-refractivity contribution in [3.8, 4) is 11.5 Å². The smallest absolute Gasteiger partial charge is 0.130 e. The minimum atomic E-state index is 0.480. The predicted molar refractivity (Wildman–Crippen MR) is 70.9 cm³/mol. The van der Waals surface area contributed by atoms with Gasteiger partial charge in [-0.05, 0) is 35.9 Å². The van der Waals surface area contributed by atoms with E-state index in [-0.39, 0.29) is 0 Å². The summed E-state index contributed by atoms with van der Waals surface area (Å²) in [6.07, 6.45) is 0. The van der Waals surface area contributed by atoms with Crippen LogP contribution in [0, 0.1) is 0 Å². The molecule has 0 heterocycles. The van der Waals surface area contributed by atoms with Gasteiger partial charge in [0.2, 0.25) is 0 Å². The molecule has 2 N–H and O–H groups in total. The highest BCUT2D eigenvalue weighted by Gasteiger charge is 2.01. The van der Waals surface area contributed by atoms with E-state index in [4.69, 9.17) is 33.7 Å². The third-order valence-electron chi connectivity index (χ3n) is 2.21. The van der Waals surface area contributed by atoms with E-state index < -0.39 is 0 Å². The van der Waals surface area contributed by atoms with Crippen molar-refractivity contribution in [1.82, 2.24) is 0 Å². The molecule has 2 aromatic rings. The average molecular weight is 268 g/mol. The third kappa shape index (κ3) is 3.37. The first kappa shape index (κ1) is 12.2. The van der Waals surface area contributed by atoms with Crippen LogP contribution in [0.1, 0.15) is 5.56 Å². The Bertz CT molecular complexity index is 508. The van der Waals surface area contributed by atoms with E-state index >= 15 is 0 Å². The maximum absolute atomic E-state index is 5.89. The van der Waals surface area contributed by atoms with Gasteiger partial charge in [-0.25, -0.2) is 0 Å². The first-order valence-corrected chi connectivity index (χ1v) is 5.86. The SMILES string of the molecule is NCc1cccc(Oc2cc(Cl)cc(Cl)c2)c1. The molecule has 0 bridgehead atoms. The van der Waals surface area contributed by atoms with Crippen LogP contribution in [-0.4, -0.2) is 0 Å². The molecule has 0 aliphatic heterocycles. The van der Waals surface area contributed by atoms with Gasteiger partial charge in [-0.2, -0.15) is 0 Å². The van der Waals surface area contributed by atoms with Gasteiger partial charge in [0.25, 0.3) is 0 Å². The van der Waals surface area contributed by atoms with E-state index in [1.807, 2.05) is 24.3 Å². The van der Waals surface area contributed by atoms with Crippen molar-refractivity contribution >= 4 is 23.2 Å². The highest BCUT2D eigenvalue weighted by Crippen LogP contribution is 2.28. The molecule has 0 unspecified atom stereocenters. The van der Waals surface area contributed by atoms with Crippen LogP contribution in [0.5, 0.6) is 11.5 Å². The Morgan fingerprint density at radius 2 is 1.65 bits per heavy atom. The second-order valence-electron chi connectivity index (χ2n) is 3.56. The fourth-order valence-corrected chi connectivity index (χ4v) is 1.97. The van der Waals surface area contributed by atoms with Crippen molar-refractivity contribution in [2.45, 2.75) is 6.54 Å².